The molecule has 0 aromatic rings. The van der Waals surface area contributed by atoms with E-state index in [1.165, 1.54) is 205 Å². The molecule has 0 aromatic carbocycles. The van der Waals surface area contributed by atoms with Gasteiger partial charge in [-0.1, -0.05) is 224 Å². The van der Waals surface area contributed by atoms with Gasteiger partial charge in [0, 0.05) is 13.0 Å². The van der Waals surface area contributed by atoms with Crippen LogP contribution in [0.25, 0.3) is 0 Å². The SMILES string of the molecule is CCCCCCCC/C=C\CCCCCCCCCCCCOCC(COC1OC(COC2OC(CO)C(O)C(O)C2O)C(O)C(O)C1O)OC(=O)CCCCCCCCCCCCC/C=C\CCCCCCCCCC. The first-order chi connectivity index (χ1) is 37.6. The average Bonchev–Trinajstić information content (AvgIpc) is 3.43. The molecule has 0 bridgehead atoms. The summed E-state index contributed by atoms with van der Waals surface area (Å²) in [5, 5.41) is 72.5. The maximum absolute atomic E-state index is 13.1. The predicted octanol–water partition coefficient (Wildman–Crippen LogP) is 12.3. The number of aliphatic hydroxyl groups is 7. The molecular weight excluding hydrogens is 981 g/mol. The van der Waals surface area contributed by atoms with Gasteiger partial charge < -0.3 is 64.2 Å². The van der Waals surface area contributed by atoms with Gasteiger partial charge in [0.2, 0.25) is 0 Å². The van der Waals surface area contributed by atoms with Gasteiger partial charge in [-0.05, 0) is 64.2 Å². The Morgan fingerprint density at radius 2 is 0.766 bits per heavy atom. The molecule has 0 amide bonds. The standard InChI is InChI=1S/C63H118O14/c1-3-5-7-9-11-13-15-17-19-21-23-25-26-27-28-30-32-34-36-38-40-42-44-46-55(65)75-52(49-72-47-45-43-41-39-37-35-33-31-29-24-22-20-18-16-14-12-10-8-6-4-2)50-73-62-61(71)59(69)57(67)54(77-62)51-74-63-60(70)58(68)56(66)53(48-64)76-63/h18,20-21,23,52-54,56-64,66-71H,3-17,19,22,24-51H2,1-2H3/b20-18-,23-21-. The lowest BCUT2D eigenvalue weighted by molar-refractivity contribution is -0.332. The third-order valence-electron chi connectivity index (χ3n) is 15.4. The summed E-state index contributed by atoms with van der Waals surface area (Å²) in [7, 11) is 0. The normalized spacial score (nSPS) is 24.4. The molecule has 0 saturated carbocycles. The number of rotatable bonds is 53. The number of esters is 1. The fourth-order valence-corrected chi connectivity index (χ4v) is 10.3. The summed E-state index contributed by atoms with van der Waals surface area (Å²) in [6.45, 7) is 3.74. The zero-order valence-corrected chi connectivity index (χ0v) is 49.0. The number of carbonyl (C=O) groups is 1. The van der Waals surface area contributed by atoms with Crippen LogP contribution in [0.2, 0.25) is 0 Å². The van der Waals surface area contributed by atoms with Gasteiger partial charge in [0.25, 0.3) is 0 Å². The van der Waals surface area contributed by atoms with Crippen molar-refractivity contribution >= 4 is 5.97 Å². The summed E-state index contributed by atoms with van der Waals surface area (Å²) < 4.78 is 34.5. The van der Waals surface area contributed by atoms with E-state index in [-0.39, 0.29) is 25.6 Å². The number of unbranched alkanes of at least 4 members (excludes halogenated alkanes) is 35. The second-order valence-electron chi connectivity index (χ2n) is 22.6. The molecule has 2 saturated heterocycles. The molecule has 0 aliphatic carbocycles. The topological polar surface area (TPSA) is 214 Å². The first-order valence-corrected chi connectivity index (χ1v) is 31.9. The van der Waals surface area contributed by atoms with Gasteiger partial charge in [0.05, 0.1) is 26.4 Å². The Labute approximate surface area is 468 Å². The van der Waals surface area contributed by atoms with Gasteiger partial charge in [0.15, 0.2) is 12.6 Å². The maximum Gasteiger partial charge on any atom is 0.306 e. The van der Waals surface area contributed by atoms with Crippen molar-refractivity contribution in [1.82, 2.24) is 0 Å². The summed E-state index contributed by atoms with van der Waals surface area (Å²) in [6.07, 6.45) is 42.4. The van der Waals surface area contributed by atoms with Crippen LogP contribution in [0.1, 0.15) is 271 Å². The molecule has 2 aliphatic rings. The molecule has 454 valence electrons. The molecule has 14 nitrogen and oxygen atoms in total. The molecule has 0 aromatic heterocycles. The second kappa shape index (κ2) is 50.2. The minimum atomic E-state index is -1.71. The lowest BCUT2D eigenvalue weighted by atomic mass is 9.98. The molecule has 14 heteroatoms. The molecule has 77 heavy (non-hydrogen) atoms. The van der Waals surface area contributed by atoms with Crippen LogP contribution < -0.4 is 0 Å². The van der Waals surface area contributed by atoms with E-state index in [9.17, 15) is 40.5 Å². The molecule has 2 aliphatic heterocycles. The van der Waals surface area contributed by atoms with Gasteiger partial charge >= 0.3 is 5.97 Å². The summed E-state index contributed by atoms with van der Waals surface area (Å²) in [6, 6.07) is 0. The van der Waals surface area contributed by atoms with Gasteiger partial charge in [-0.15, -0.1) is 0 Å². The zero-order valence-electron chi connectivity index (χ0n) is 49.0. The van der Waals surface area contributed by atoms with Crippen LogP contribution in [-0.2, 0) is 33.2 Å². The van der Waals surface area contributed by atoms with Crippen LogP contribution in [0, 0.1) is 0 Å². The van der Waals surface area contributed by atoms with Crippen LogP contribution in [-0.4, -0.2) is 142 Å². The lowest BCUT2D eigenvalue weighted by Gasteiger charge is -2.42. The van der Waals surface area contributed by atoms with E-state index < -0.39 is 80.7 Å². The Morgan fingerprint density at radius 3 is 1.18 bits per heavy atom. The van der Waals surface area contributed by atoms with E-state index in [0.29, 0.717) is 13.0 Å². The Kier molecular flexibility index (Phi) is 46.7. The first kappa shape index (κ1) is 71.6. The molecule has 7 N–H and O–H groups in total. The van der Waals surface area contributed by atoms with Crippen molar-refractivity contribution in [3.63, 3.8) is 0 Å². The lowest BCUT2D eigenvalue weighted by Crippen LogP contribution is -2.61. The molecule has 11 unspecified atom stereocenters. The summed E-state index contributed by atoms with van der Waals surface area (Å²) in [5.74, 6) is -0.372. The molecule has 2 fully saturated rings. The fourth-order valence-electron chi connectivity index (χ4n) is 10.3. The van der Waals surface area contributed by atoms with E-state index in [1.807, 2.05) is 0 Å². The van der Waals surface area contributed by atoms with Crippen molar-refractivity contribution in [1.29, 1.82) is 0 Å². The smallest absolute Gasteiger partial charge is 0.306 e. The van der Waals surface area contributed by atoms with Gasteiger partial charge in [-0.3, -0.25) is 4.79 Å². The Bertz CT molecular complexity index is 1370. The molecule has 2 heterocycles. The highest BCUT2D eigenvalue weighted by Gasteiger charge is 2.47. The van der Waals surface area contributed by atoms with Crippen LogP contribution in [0.5, 0.6) is 0 Å². The molecule has 2 rings (SSSR count). The van der Waals surface area contributed by atoms with E-state index in [4.69, 9.17) is 28.4 Å². The summed E-state index contributed by atoms with van der Waals surface area (Å²) >= 11 is 0. The summed E-state index contributed by atoms with van der Waals surface area (Å²) in [4.78, 5) is 13.1. The number of ether oxygens (including phenoxy) is 6. The third kappa shape index (κ3) is 36.5. The fraction of sp³-hybridized carbons (Fsp3) is 0.921. The average molecular weight is 1100 g/mol. The van der Waals surface area contributed by atoms with E-state index in [1.54, 1.807) is 0 Å². The zero-order chi connectivity index (χ0) is 55.8. The predicted molar refractivity (Wildman–Crippen MR) is 307 cm³/mol. The van der Waals surface area contributed by atoms with Gasteiger partial charge in [-0.2, -0.15) is 0 Å². The van der Waals surface area contributed by atoms with Crippen molar-refractivity contribution in [3.8, 4) is 0 Å². The number of hydrogen-bond donors (Lipinski definition) is 7. The molecule has 0 spiro atoms. The van der Waals surface area contributed by atoms with Crippen LogP contribution in [0.3, 0.4) is 0 Å². The molecule has 11 atom stereocenters. The van der Waals surface area contributed by atoms with Gasteiger partial charge in [-0.25, -0.2) is 0 Å². The highest BCUT2D eigenvalue weighted by atomic mass is 16.7. The van der Waals surface area contributed by atoms with Crippen molar-refractivity contribution in [2.45, 2.75) is 338 Å². The minimum Gasteiger partial charge on any atom is -0.457 e. The number of aliphatic hydroxyl groups excluding tert-OH is 7. The number of allylic oxidation sites excluding steroid dienone is 4. The highest BCUT2D eigenvalue weighted by molar-refractivity contribution is 5.69. The van der Waals surface area contributed by atoms with Crippen molar-refractivity contribution in [3.05, 3.63) is 24.3 Å². The number of hydrogen-bond acceptors (Lipinski definition) is 14. The van der Waals surface area contributed by atoms with E-state index in [0.717, 1.165) is 38.5 Å². The number of carbonyl (C=O) groups excluding carboxylic acids is 1. The second-order valence-corrected chi connectivity index (χ2v) is 22.6. The monoisotopic (exact) mass is 1100 g/mol. The molecular formula is C63H118O14. The van der Waals surface area contributed by atoms with Crippen molar-refractivity contribution in [2.75, 3.05) is 33.0 Å². The molecule has 0 radical (unpaired) electrons. The Balaban J connectivity index is 1.67. The first-order valence-electron chi connectivity index (χ1n) is 31.9. The highest BCUT2D eigenvalue weighted by Crippen LogP contribution is 2.27. The van der Waals surface area contributed by atoms with Crippen LogP contribution >= 0.6 is 0 Å². The van der Waals surface area contributed by atoms with Crippen molar-refractivity contribution < 1.29 is 69.0 Å². The quantitative estimate of drug-likeness (QED) is 0.0172. The van der Waals surface area contributed by atoms with Crippen molar-refractivity contribution in [2.24, 2.45) is 0 Å². The van der Waals surface area contributed by atoms with Crippen LogP contribution in [0.15, 0.2) is 24.3 Å². The Morgan fingerprint density at radius 1 is 0.416 bits per heavy atom. The van der Waals surface area contributed by atoms with E-state index >= 15 is 0 Å². The largest absolute Gasteiger partial charge is 0.457 e. The van der Waals surface area contributed by atoms with Gasteiger partial charge in [0.1, 0.15) is 54.9 Å². The Hall–Kier alpha value is -1.53. The van der Waals surface area contributed by atoms with E-state index in [2.05, 4.69) is 38.2 Å². The maximum atomic E-state index is 13.1. The van der Waals surface area contributed by atoms with Crippen LogP contribution in [0.4, 0.5) is 0 Å². The summed E-state index contributed by atoms with van der Waals surface area (Å²) in [5.41, 5.74) is 0. The minimum absolute atomic E-state index is 0.0642. The third-order valence-corrected chi connectivity index (χ3v) is 15.4.